The zero-order chi connectivity index (χ0) is 29.5. The molecule has 6 rings (SSSR count). The zero-order valence-electron chi connectivity index (χ0n) is 23.9. The molecule has 2 aliphatic heterocycles. The topological polar surface area (TPSA) is 66.2 Å². The Morgan fingerprint density at radius 1 is 0.690 bits per heavy atom. The summed E-state index contributed by atoms with van der Waals surface area (Å²) in [5.74, 6) is 3.52. The lowest BCUT2D eigenvalue weighted by atomic mass is 9.99. The second-order valence-corrected chi connectivity index (χ2v) is 12.1. The number of methoxy groups -OCH3 is 2. The van der Waals surface area contributed by atoms with Crippen molar-refractivity contribution in [2.24, 2.45) is 5.73 Å². The first-order chi connectivity index (χ1) is 20.5. The lowest BCUT2D eigenvalue weighted by Gasteiger charge is -2.36. The third-order valence-corrected chi connectivity index (χ3v) is 8.77. The van der Waals surface area contributed by atoms with Crippen LogP contribution in [0, 0.1) is 0 Å². The molecule has 0 aliphatic carbocycles. The van der Waals surface area contributed by atoms with Crippen LogP contribution in [-0.2, 0) is 25.9 Å². The summed E-state index contributed by atoms with van der Waals surface area (Å²) in [4.78, 5) is 2.51. The van der Waals surface area contributed by atoms with E-state index in [1.165, 1.54) is 11.1 Å². The number of fused-ring (bicyclic) bond motifs is 2. The van der Waals surface area contributed by atoms with Crippen molar-refractivity contribution < 1.29 is 18.9 Å². The number of nitrogens with zero attached hydrogens (tertiary/aromatic N) is 1. The first-order valence-corrected chi connectivity index (χ1v) is 15.6. The molecule has 220 valence electrons. The van der Waals surface area contributed by atoms with Crippen molar-refractivity contribution in [3.05, 3.63) is 116 Å². The summed E-state index contributed by atoms with van der Waals surface area (Å²) in [6.45, 7) is 3.00. The number of rotatable bonds is 7. The highest BCUT2D eigenvalue weighted by Crippen LogP contribution is 2.40. The molecular formula is C34H36Br2N2O4. The number of halogens is 2. The van der Waals surface area contributed by atoms with Gasteiger partial charge in [0.1, 0.15) is 36.2 Å². The second-order valence-electron chi connectivity index (χ2n) is 10.4. The second kappa shape index (κ2) is 14.4. The summed E-state index contributed by atoms with van der Waals surface area (Å²) < 4.78 is 24.6. The highest BCUT2D eigenvalue weighted by Gasteiger charge is 2.29. The van der Waals surface area contributed by atoms with Gasteiger partial charge < -0.3 is 24.7 Å². The molecule has 0 spiro atoms. The molecule has 0 unspecified atom stereocenters. The van der Waals surface area contributed by atoms with Gasteiger partial charge >= 0.3 is 0 Å². The summed E-state index contributed by atoms with van der Waals surface area (Å²) in [6.07, 6.45) is 1.70. The Labute approximate surface area is 265 Å². The molecule has 0 saturated carbocycles. The molecule has 42 heavy (non-hydrogen) atoms. The molecule has 8 heteroatoms. The van der Waals surface area contributed by atoms with Gasteiger partial charge in [0, 0.05) is 36.3 Å². The average Bonchev–Trinajstić information content (AvgIpc) is 3.02. The summed E-state index contributed by atoms with van der Waals surface area (Å²) in [6, 6.07) is 29.5. The van der Waals surface area contributed by atoms with Crippen LogP contribution in [0.5, 0.6) is 23.0 Å². The molecule has 4 aromatic carbocycles. The van der Waals surface area contributed by atoms with Crippen LogP contribution in [0.25, 0.3) is 0 Å². The van der Waals surface area contributed by atoms with Gasteiger partial charge in [0.25, 0.3) is 0 Å². The lowest BCUT2D eigenvalue weighted by molar-refractivity contribution is 0.104. The average molecular weight is 696 g/mol. The quantitative estimate of drug-likeness (QED) is 0.221. The van der Waals surface area contributed by atoms with E-state index in [-0.39, 0.29) is 12.1 Å². The van der Waals surface area contributed by atoms with Gasteiger partial charge in [-0.05, 0) is 80.1 Å². The van der Waals surface area contributed by atoms with Crippen LogP contribution in [0.4, 0.5) is 0 Å². The Bertz CT molecular complexity index is 1430. The highest BCUT2D eigenvalue weighted by atomic mass is 79.9. The number of nitrogens with two attached hydrogens (primary N) is 1. The van der Waals surface area contributed by atoms with Crippen LogP contribution >= 0.6 is 31.9 Å². The van der Waals surface area contributed by atoms with Crippen molar-refractivity contribution >= 4 is 31.9 Å². The Balaban J connectivity index is 0.000000211. The van der Waals surface area contributed by atoms with Gasteiger partial charge in [-0.2, -0.15) is 0 Å². The van der Waals surface area contributed by atoms with Crippen molar-refractivity contribution in [2.75, 3.05) is 27.4 Å². The molecular weight excluding hydrogens is 660 g/mol. The normalized spacial score (nSPS) is 17.1. The molecule has 0 saturated heterocycles. The van der Waals surface area contributed by atoms with E-state index in [1.807, 2.05) is 24.3 Å². The van der Waals surface area contributed by atoms with Crippen molar-refractivity contribution in [1.82, 2.24) is 4.90 Å². The molecule has 4 aromatic rings. The molecule has 2 N–H and O–H groups in total. The number of hydrogen-bond donors (Lipinski definition) is 1. The van der Waals surface area contributed by atoms with E-state index < -0.39 is 0 Å². The SMILES string of the molecule is COc1ccc(Br)c2c1C[C@@H](N(Cc1ccccc1)Cc1ccccc1)CO2.COc1ccc(Br)c2c1C[C@@H](N)CO2. The Hall–Kier alpha value is -3.04. The van der Waals surface area contributed by atoms with E-state index in [0.29, 0.717) is 13.2 Å². The number of benzene rings is 4. The van der Waals surface area contributed by atoms with Gasteiger partial charge in [-0.3, -0.25) is 4.90 Å². The van der Waals surface area contributed by atoms with Crippen LogP contribution in [-0.4, -0.2) is 44.4 Å². The van der Waals surface area contributed by atoms with Crippen molar-refractivity contribution in [3.8, 4) is 23.0 Å². The highest BCUT2D eigenvalue weighted by molar-refractivity contribution is 9.10. The van der Waals surface area contributed by atoms with Gasteiger partial charge in [-0.25, -0.2) is 0 Å². The van der Waals surface area contributed by atoms with E-state index in [1.54, 1.807) is 14.2 Å². The maximum absolute atomic E-state index is 6.20. The Morgan fingerprint density at radius 3 is 1.67 bits per heavy atom. The lowest BCUT2D eigenvalue weighted by Crippen LogP contribution is -2.42. The molecule has 6 nitrogen and oxygen atoms in total. The first kappa shape index (κ1) is 30.4. The minimum absolute atomic E-state index is 0.0608. The van der Waals surface area contributed by atoms with Gasteiger partial charge in [-0.1, -0.05) is 60.7 Å². The van der Waals surface area contributed by atoms with E-state index in [9.17, 15) is 0 Å². The Kier molecular flexibility index (Phi) is 10.4. The van der Waals surface area contributed by atoms with Gasteiger partial charge in [0.15, 0.2) is 0 Å². The fraction of sp³-hybridized carbons (Fsp3) is 0.294. The van der Waals surface area contributed by atoms with Crippen molar-refractivity contribution in [2.45, 2.75) is 38.0 Å². The monoisotopic (exact) mass is 694 g/mol. The van der Waals surface area contributed by atoms with Crippen molar-refractivity contribution in [3.63, 3.8) is 0 Å². The molecule has 2 heterocycles. The van der Waals surface area contributed by atoms with E-state index >= 15 is 0 Å². The Morgan fingerprint density at radius 2 is 1.17 bits per heavy atom. The molecule has 0 fully saturated rings. The van der Waals surface area contributed by atoms with Crippen molar-refractivity contribution in [1.29, 1.82) is 0 Å². The largest absolute Gasteiger partial charge is 0.496 e. The predicted octanol–water partition coefficient (Wildman–Crippen LogP) is 7.18. The molecule has 2 atom stereocenters. The maximum Gasteiger partial charge on any atom is 0.140 e. The third kappa shape index (κ3) is 7.29. The van der Waals surface area contributed by atoms with Crippen LogP contribution in [0.1, 0.15) is 22.3 Å². The fourth-order valence-electron chi connectivity index (χ4n) is 5.41. The third-order valence-electron chi connectivity index (χ3n) is 7.52. The van der Waals surface area contributed by atoms with Gasteiger partial charge in [0.05, 0.1) is 23.2 Å². The summed E-state index contributed by atoms with van der Waals surface area (Å²) in [5.41, 5.74) is 10.6. The minimum atomic E-state index is 0.0608. The van der Waals surface area contributed by atoms with E-state index in [0.717, 1.165) is 69.0 Å². The van der Waals surface area contributed by atoms with Crippen LogP contribution in [0.15, 0.2) is 93.9 Å². The molecule has 0 radical (unpaired) electrons. The smallest absolute Gasteiger partial charge is 0.140 e. The van der Waals surface area contributed by atoms with Crippen LogP contribution in [0.2, 0.25) is 0 Å². The number of hydrogen-bond acceptors (Lipinski definition) is 6. The van der Waals surface area contributed by atoms with E-state index in [4.69, 9.17) is 24.7 Å². The molecule has 0 amide bonds. The molecule has 0 aromatic heterocycles. The summed E-state index contributed by atoms with van der Waals surface area (Å²) >= 11 is 7.06. The zero-order valence-corrected chi connectivity index (χ0v) is 27.1. The van der Waals surface area contributed by atoms with Gasteiger partial charge in [0.2, 0.25) is 0 Å². The fourth-order valence-corrected chi connectivity index (χ4v) is 6.39. The summed E-state index contributed by atoms with van der Waals surface area (Å²) in [5, 5.41) is 0. The summed E-state index contributed by atoms with van der Waals surface area (Å²) in [7, 11) is 3.38. The first-order valence-electron chi connectivity index (χ1n) is 14.0. The number of ether oxygens (including phenoxy) is 4. The maximum atomic E-state index is 6.20. The van der Waals surface area contributed by atoms with Crippen LogP contribution in [0.3, 0.4) is 0 Å². The molecule has 0 bridgehead atoms. The predicted molar refractivity (Wildman–Crippen MR) is 174 cm³/mol. The standard InChI is InChI=1S/C24H24BrNO2.C10H12BrNO2/c1-27-23-13-12-22(25)24-21(23)14-20(17-28-24)26(15-18-8-4-2-5-9-18)16-19-10-6-3-7-11-19;1-13-9-3-2-8(11)10-7(9)4-6(12)5-14-10/h2-13,20H,14-17H2,1H3;2-3,6H,4-5,12H2,1H3/t20-;6-/m11/s1. The van der Waals surface area contributed by atoms with Gasteiger partial charge in [-0.15, -0.1) is 0 Å². The van der Waals surface area contributed by atoms with E-state index in [2.05, 4.69) is 97.4 Å². The minimum Gasteiger partial charge on any atom is -0.496 e. The molecule has 2 aliphatic rings. The van der Waals surface area contributed by atoms with Crippen LogP contribution < -0.4 is 24.7 Å².